The van der Waals surface area contributed by atoms with Gasteiger partial charge in [-0.1, -0.05) is 36.4 Å². The topological polar surface area (TPSA) is 45.8 Å². The number of hydrogen-bond acceptors (Lipinski definition) is 2. The molecule has 2 aromatic carbocycles. The number of halogens is 1. The molecule has 0 aliphatic heterocycles. The Morgan fingerprint density at radius 3 is 2.67 bits per heavy atom. The second kappa shape index (κ2) is 5.71. The summed E-state index contributed by atoms with van der Waals surface area (Å²) in [4.78, 5) is 10.9. The third kappa shape index (κ3) is 2.89. The van der Waals surface area contributed by atoms with Gasteiger partial charge in [0.2, 0.25) is 0 Å². The van der Waals surface area contributed by atoms with E-state index in [9.17, 15) is 9.18 Å². The minimum absolute atomic E-state index is 0.246. The first kappa shape index (κ1) is 13.2. The average Bonchev–Trinajstić information content (AvgIpc) is 2.95. The van der Waals surface area contributed by atoms with Gasteiger partial charge in [-0.3, -0.25) is 9.89 Å². The summed E-state index contributed by atoms with van der Waals surface area (Å²) in [5.74, 6) is -0.246. The first-order valence-corrected chi connectivity index (χ1v) is 6.58. The van der Waals surface area contributed by atoms with Gasteiger partial charge in [0.05, 0.1) is 6.20 Å². The first-order valence-electron chi connectivity index (χ1n) is 6.58. The molecule has 1 N–H and O–H groups in total. The standard InChI is InChI=1S/C17H13FN2O/c18-16-6-4-13(5-7-16)14-3-1-2-12(8-14)9-15-10-19-20-17(15)11-21/h1-8,10-11H,9H2,(H,19,20). The smallest absolute Gasteiger partial charge is 0.168 e. The van der Waals surface area contributed by atoms with Gasteiger partial charge >= 0.3 is 0 Å². The van der Waals surface area contributed by atoms with Gasteiger partial charge < -0.3 is 0 Å². The Bertz CT molecular complexity index is 762. The number of nitrogens with one attached hydrogen (secondary N) is 1. The molecule has 4 heteroatoms. The Morgan fingerprint density at radius 2 is 1.90 bits per heavy atom. The molecule has 21 heavy (non-hydrogen) atoms. The summed E-state index contributed by atoms with van der Waals surface area (Å²) in [6.07, 6.45) is 3.06. The van der Waals surface area contributed by atoms with Crippen LogP contribution >= 0.6 is 0 Å². The molecule has 0 aliphatic rings. The Morgan fingerprint density at radius 1 is 1.10 bits per heavy atom. The van der Waals surface area contributed by atoms with Crippen LogP contribution in [-0.2, 0) is 6.42 Å². The van der Waals surface area contributed by atoms with E-state index in [0.29, 0.717) is 12.1 Å². The fourth-order valence-electron chi connectivity index (χ4n) is 2.29. The number of nitrogens with zero attached hydrogens (tertiary/aromatic N) is 1. The molecule has 0 saturated carbocycles. The van der Waals surface area contributed by atoms with E-state index >= 15 is 0 Å². The third-order valence-electron chi connectivity index (χ3n) is 3.37. The second-order valence-electron chi connectivity index (χ2n) is 4.81. The van der Waals surface area contributed by atoms with Crippen LogP contribution in [0.3, 0.4) is 0 Å². The van der Waals surface area contributed by atoms with Crippen LogP contribution in [0, 0.1) is 5.82 Å². The van der Waals surface area contributed by atoms with Crippen molar-refractivity contribution in [3.8, 4) is 11.1 Å². The zero-order valence-electron chi connectivity index (χ0n) is 11.2. The third-order valence-corrected chi connectivity index (χ3v) is 3.37. The van der Waals surface area contributed by atoms with E-state index in [1.807, 2.05) is 24.3 Å². The summed E-state index contributed by atoms with van der Waals surface area (Å²) < 4.78 is 13.0. The van der Waals surface area contributed by atoms with E-state index in [0.717, 1.165) is 28.5 Å². The summed E-state index contributed by atoms with van der Waals surface area (Å²) in [6.45, 7) is 0. The van der Waals surface area contributed by atoms with E-state index in [2.05, 4.69) is 10.2 Å². The fourth-order valence-corrected chi connectivity index (χ4v) is 2.29. The Hall–Kier alpha value is -2.75. The highest BCUT2D eigenvalue weighted by atomic mass is 19.1. The van der Waals surface area contributed by atoms with E-state index in [1.54, 1.807) is 18.3 Å². The number of aldehydes is 1. The fraction of sp³-hybridized carbons (Fsp3) is 0.0588. The van der Waals surface area contributed by atoms with Crippen molar-refractivity contribution in [3.63, 3.8) is 0 Å². The van der Waals surface area contributed by atoms with Gasteiger partial charge in [0, 0.05) is 12.0 Å². The maximum atomic E-state index is 13.0. The molecular formula is C17H13FN2O. The van der Waals surface area contributed by atoms with Crippen molar-refractivity contribution >= 4 is 6.29 Å². The number of rotatable bonds is 4. The Balaban J connectivity index is 1.89. The number of hydrogen-bond donors (Lipinski definition) is 1. The number of carbonyl (C=O) groups is 1. The number of benzene rings is 2. The van der Waals surface area contributed by atoms with Crippen LogP contribution in [-0.4, -0.2) is 16.5 Å². The van der Waals surface area contributed by atoms with Crippen molar-refractivity contribution in [1.29, 1.82) is 0 Å². The van der Waals surface area contributed by atoms with Crippen molar-refractivity contribution in [2.75, 3.05) is 0 Å². The van der Waals surface area contributed by atoms with Gasteiger partial charge in [0.1, 0.15) is 11.5 Å². The van der Waals surface area contributed by atoms with Gasteiger partial charge in [0.25, 0.3) is 0 Å². The van der Waals surface area contributed by atoms with Crippen LogP contribution in [0.4, 0.5) is 4.39 Å². The summed E-state index contributed by atoms with van der Waals surface area (Å²) in [6, 6.07) is 14.4. The van der Waals surface area contributed by atoms with Crippen molar-refractivity contribution in [2.45, 2.75) is 6.42 Å². The lowest BCUT2D eigenvalue weighted by Gasteiger charge is -2.05. The van der Waals surface area contributed by atoms with E-state index in [1.165, 1.54) is 12.1 Å². The Kier molecular flexibility index (Phi) is 3.60. The number of aromatic nitrogens is 2. The zero-order chi connectivity index (χ0) is 14.7. The molecule has 0 spiro atoms. The number of carbonyl (C=O) groups excluding carboxylic acids is 1. The molecule has 0 radical (unpaired) electrons. The summed E-state index contributed by atoms with van der Waals surface area (Å²) in [7, 11) is 0. The van der Waals surface area contributed by atoms with Crippen LogP contribution < -0.4 is 0 Å². The maximum Gasteiger partial charge on any atom is 0.168 e. The molecule has 0 amide bonds. The molecule has 0 atom stereocenters. The minimum Gasteiger partial charge on any atom is -0.296 e. The summed E-state index contributed by atoms with van der Waals surface area (Å²) in [5, 5.41) is 6.55. The van der Waals surface area contributed by atoms with Gasteiger partial charge in [0.15, 0.2) is 6.29 Å². The van der Waals surface area contributed by atoms with E-state index < -0.39 is 0 Å². The molecule has 104 valence electrons. The monoisotopic (exact) mass is 280 g/mol. The van der Waals surface area contributed by atoms with Crippen molar-refractivity contribution in [3.05, 3.63) is 77.4 Å². The largest absolute Gasteiger partial charge is 0.296 e. The second-order valence-corrected chi connectivity index (χ2v) is 4.81. The van der Waals surface area contributed by atoms with Gasteiger partial charge in [-0.25, -0.2) is 4.39 Å². The van der Waals surface area contributed by atoms with Crippen LogP contribution in [0.5, 0.6) is 0 Å². The van der Waals surface area contributed by atoms with Crippen molar-refractivity contribution in [1.82, 2.24) is 10.2 Å². The molecule has 0 saturated heterocycles. The summed E-state index contributed by atoms with van der Waals surface area (Å²) >= 11 is 0. The highest BCUT2D eigenvalue weighted by Gasteiger charge is 2.06. The maximum absolute atomic E-state index is 13.0. The lowest BCUT2D eigenvalue weighted by Crippen LogP contribution is -1.92. The molecule has 0 bridgehead atoms. The van der Waals surface area contributed by atoms with E-state index in [4.69, 9.17) is 0 Å². The number of aromatic amines is 1. The quantitative estimate of drug-likeness (QED) is 0.742. The predicted octanol–water partition coefficient (Wildman–Crippen LogP) is 3.62. The zero-order valence-corrected chi connectivity index (χ0v) is 11.2. The van der Waals surface area contributed by atoms with Crippen LogP contribution in [0.25, 0.3) is 11.1 Å². The molecule has 0 aliphatic carbocycles. The highest BCUT2D eigenvalue weighted by Crippen LogP contribution is 2.22. The first-order chi connectivity index (χ1) is 10.3. The van der Waals surface area contributed by atoms with Crippen LogP contribution in [0.15, 0.2) is 54.7 Å². The highest BCUT2D eigenvalue weighted by molar-refractivity contribution is 5.74. The molecule has 3 nitrogen and oxygen atoms in total. The summed E-state index contributed by atoms with van der Waals surface area (Å²) in [5.41, 5.74) is 4.41. The molecule has 3 rings (SSSR count). The van der Waals surface area contributed by atoms with Crippen LogP contribution in [0.2, 0.25) is 0 Å². The molecule has 1 aromatic heterocycles. The minimum atomic E-state index is -0.246. The van der Waals surface area contributed by atoms with Gasteiger partial charge in [-0.05, 0) is 28.8 Å². The lowest BCUT2D eigenvalue weighted by atomic mass is 9.99. The van der Waals surface area contributed by atoms with Crippen LogP contribution in [0.1, 0.15) is 21.6 Å². The molecule has 0 fully saturated rings. The molecule has 1 heterocycles. The average molecular weight is 280 g/mol. The Labute approximate surface area is 121 Å². The normalized spacial score (nSPS) is 10.5. The lowest BCUT2D eigenvalue weighted by molar-refractivity contribution is 0.111. The van der Waals surface area contributed by atoms with Crippen molar-refractivity contribution in [2.24, 2.45) is 0 Å². The SMILES string of the molecule is O=Cc1[nH]ncc1Cc1cccc(-c2ccc(F)cc2)c1. The van der Waals surface area contributed by atoms with E-state index in [-0.39, 0.29) is 5.82 Å². The number of H-pyrrole nitrogens is 1. The molecule has 0 unspecified atom stereocenters. The molecular weight excluding hydrogens is 267 g/mol. The molecule has 3 aromatic rings. The predicted molar refractivity (Wildman–Crippen MR) is 78.6 cm³/mol. The van der Waals surface area contributed by atoms with Crippen molar-refractivity contribution < 1.29 is 9.18 Å². The van der Waals surface area contributed by atoms with Gasteiger partial charge in [-0.2, -0.15) is 5.10 Å². The van der Waals surface area contributed by atoms with Gasteiger partial charge in [-0.15, -0.1) is 0 Å².